The van der Waals surface area contributed by atoms with Crippen molar-refractivity contribution in [1.82, 2.24) is 9.97 Å². The van der Waals surface area contributed by atoms with E-state index in [4.69, 9.17) is 24.9 Å². The monoisotopic (exact) mass is 769 g/mol. The van der Waals surface area contributed by atoms with Crippen LogP contribution in [0.15, 0.2) is 204 Å². The number of rotatable bonds is 7. The molecule has 1 aliphatic rings. The minimum atomic E-state index is 0.332. The van der Waals surface area contributed by atoms with E-state index in [2.05, 4.69) is 127 Å². The van der Waals surface area contributed by atoms with Crippen molar-refractivity contribution in [2.75, 3.05) is 5.43 Å². The predicted octanol–water partition coefficient (Wildman–Crippen LogP) is 13.7. The number of benzene rings is 8. The number of nitrogens with one attached hydrogen (secondary N) is 2. The van der Waals surface area contributed by atoms with Crippen molar-refractivity contribution in [2.24, 2.45) is 5.10 Å². The highest BCUT2D eigenvalue weighted by atomic mass is 16.3. The standard InChI is InChI=1S/C54H35N5O/c55-47-26-24-37-22-20-36-21-23-39(32-45(36)52(37)53(47)59-58-43-16-8-3-9-17-43)54-56-48(38-25-27-51-46(31-38)44-18-10-11-19-50(44)60-51)33-49(57-54)42-29-40(34-12-4-1-5-13-34)28-41(30-42)35-14-6-2-7-15-35/h1-33,55,58H/b55-47?,59-53+. The van der Waals surface area contributed by atoms with Gasteiger partial charge in [-0.15, -0.1) is 0 Å². The normalized spacial score (nSPS) is 13.0. The fourth-order valence-corrected chi connectivity index (χ4v) is 8.14. The Morgan fingerprint density at radius 3 is 1.80 bits per heavy atom. The van der Waals surface area contributed by atoms with Crippen LogP contribution in [0.3, 0.4) is 0 Å². The molecule has 0 spiro atoms. The highest BCUT2D eigenvalue weighted by Gasteiger charge is 2.21. The van der Waals surface area contributed by atoms with Crippen LogP contribution in [0.4, 0.5) is 5.69 Å². The first-order chi connectivity index (χ1) is 29.6. The Morgan fingerprint density at radius 2 is 1.05 bits per heavy atom. The molecular formula is C54H35N5O. The van der Waals surface area contributed by atoms with Gasteiger partial charge in [-0.25, -0.2) is 9.97 Å². The number of furan rings is 1. The number of hydrogen-bond acceptors (Lipinski definition) is 6. The van der Waals surface area contributed by atoms with Crippen LogP contribution in [0.5, 0.6) is 0 Å². The Hall–Kier alpha value is -8.22. The molecule has 6 heteroatoms. The molecule has 1 aliphatic carbocycles. The van der Waals surface area contributed by atoms with Crippen molar-refractivity contribution >= 4 is 55.9 Å². The number of allylic oxidation sites excluding steroid dienone is 1. The number of para-hydroxylation sites is 2. The van der Waals surface area contributed by atoms with Crippen LogP contribution in [0.1, 0.15) is 11.1 Å². The first kappa shape index (κ1) is 35.0. The minimum Gasteiger partial charge on any atom is -0.456 e. The summed E-state index contributed by atoms with van der Waals surface area (Å²) in [5.74, 6) is 0.591. The minimum absolute atomic E-state index is 0.332. The van der Waals surface area contributed by atoms with Gasteiger partial charge in [0.25, 0.3) is 0 Å². The molecular weight excluding hydrogens is 735 g/mol. The zero-order valence-electron chi connectivity index (χ0n) is 32.3. The Kier molecular flexibility index (Phi) is 8.52. The summed E-state index contributed by atoms with van der Waals surface area (Å²) in [5.41, 5.74) is 17.3. The van der Waals surface area contributed by atoms with Crippen molar-refractivity contribution < 1.29 is 4.42 Å². The number of hydrazone groups is 1. The van der Waals surface area contributed by atoms with E-state index in [-0.39, 0.29) is 0 Å². The summed E-state index contributed by atoms with van der Waals surface area (Å²) >= 11 is 0. The Balaban J connectivity index is 1.12. The first-order valence-electron chi connectivity index (χ1n) is 19.9. The molecule has 282 valence electrons. The predicted molar refractivity (Wildman–Crippen MR) is 247 cm³/mol. The van der Waals surface area contributed by atoms with Gasteiger partial charge in [0, 0.05) is 33.0 Å². The molecule has 2 N–H and O–H groups in total. The van der Waals surface area contributed by atoms with Crippen molar-refractivity contribution in [3.05, 3.63) is 205 Å². The van der Waals surface area contributed by atoms with E-state index < -0.39 is 0 Å². The maximum atomic E-state index is 8.95. The average molecular weight is 770 g/mol. The zero-order valence-corrected chi connectivity index (χ0v) is 32.3. The highest BCUT2D eigenvalue weighted by Crippen LogP contribution is 2.38. The molecule has 2 aromatic heterocycles. The van der Waals surface area contributed by atoms with Crippen molar-refractivity contribution in [2.45, 2.75) is 0 Å². The van der Waals surface area contributed by atoms with Crippen LogP contribution in [0.25, 0.3) is 94.9 Å². The van der Waals surface area contributed by atoms with E-state index in [0.717, 1.165) is 99.9 Å². The van der Waals surface area contributed by atoms with Crippen LogP contribution >= 0.6 is 0 Å². The molecule has 0 atom stereocenters. The molecule has 6 nitrogen and oxygen atoms in total. The lowest BCUT2D eigenvalue weighted by Crippen LogP contribution is -2.19. The number of aromatic nitrogens is 2. The quantitative estimate of drug-likeness (QED) is 0.158. The summed E-state index contributed by atoms with van der Waals surface area (Å²) in [5, 5.41) is 17.8. The van der Waals surface area contributed by atoms with E-state index in [1.165, 1.54) is 0 Å². The van der Waals surface area contributed by atoms with Gasteiger partial charge in [0.2, 0.25) is 0 Å². The lowest BCUT2D eigenvalue weighted by atomic mass is 9.88. The largest absolute Gasteiger partial charge is 0.456 e. The van der Waals surface area contributed by atoms with E-state index >= 15 is 0 Å². The molecule has 11 rings (SSSR count). The van der Waals surface area contributed by atoms with E-state index in [1.54, 1.807) is 6.08 Å². The van der Waals surface area contributed by atoms with E-state index in [9.17, 15) is 0 Å². The van der Waals surface area contributed by atoms with Gasteiger partial charge < -0.3 is 4.42 Å². The average Bonchev–Trinajstić information content (AvgIpc) is 3.69. The summed E-state index contributed by atoms with van der Waals surface area (Å²) in [7, 11) is 0. The molecule has 0 aliphatic heterocycles. The van der Waals surface area contributed by atoms with Crippen LogP contribution < -0.4 is 5.43 Å². The first-order valence-corrected chi connectivity index (χ1v) is 19.9. The van der Waals surface area contributed by atoms with Crippen molar-refractivity contribution in [1.29, 1.82) is 5.41 Å². The highest BCUT2D eigenvalue weighted by molar-refractivity contribution is 6.55. The van der Waals surface area contributed by atoms with Crippen LogP contribution in [0, 0.1) is 5.41 Å². The third kappa shape index (κ3) is 6.42. The van der Waals surface area contributed by atoms with Gasteiger partial charge in [0.1, 0.15) is 16.9 Å². The summed E-state index contributed by atoms with van der Waals surface area (Å²) in [4.78, 5) is 10.7. The summed E-state index contributed by atoms with van der Waals surface area (Å²) in [6.45, 7) is 0. The molecule has 0 saturated carbocycles. The number of anilines is 1. The van der Waals surface area contributed by atoms with Crippen LogP contribution in [-0.2, 0) is 0 Å². The lowest BCUT2D eigenvalue weighted by Gasteiger charge is -2.18. The summed E-state index contributed by atoms with van der Waals surface area (Å²) in [6.07, 6.45) is 3.79. The van der Waals surface area contributed by atoms with Crippen LogP contribution in [-0.4, -0.2) is 21.4 Å². The Labute approximate surface area is 346 Å². The van der Waals surface area contributed by atoms with Crippen molar-refractivity contribution in [3.8, 4) is 56.2 Å². The second kappa shape index (κ2) is 14.6. The van der Waals surface area contributed by atoms with E-state index in [0.29, 0.717) is 17.2 Å². The van der Waals surface area contributed by atoms with Crippen molar-refractivity contribution in [3.63, 3.8) is 0 Å². The second-order valence-corrected chi connectivity index (χ2v) is 15.0. The molecule has 2 heterocycles. The SMILES string of the molecule is N=C1C=Cc2ccc3ccc(-c4nc(-c5cc(-c6ccccc6)cc(-c6ccccc6)c5)cc(-c5ccc6oc7ccccc7c6c5)n4)cc3c2/C1=N/Nc1ccccc1. The molecule has 0 saturated heterocycles. The molecule has 0 amide bonds. The molecule has 8 aromatic carbocycles. The number of hydrogen-bond donors (Lipinski definition) is 2. The molecule has 10 aromatic rings. The van der Waals surface area contributed by atoms with Gasteiger partial charge in [-0.2, -0.15) is 5.10 Å². The summed E-state index contributed by atoms with van der Waals surface area (Å²) in [6, 6.07) is 64.5. The van der Waals surface area contributed by atoms with Gasteiger partial charge in [0.15, 0.2) is 5.82 Å². The van der Waals surface area contributed by atoms with Crippen LogP contribution in [0.2, 0.25) is 0 Å². The summed E-state index contributed by atoms with van der Waals surface area (Å²) < 4.78 is 6.22. The van der Waals surface area contributed by atoms with Gasteiger partial charge in [0.05, 0.1) is 22.8 Å². The van der Waals surface area contributed by atoms with Gasteiger partial charge in [-0.05, 0) is 111 Å². The second-order valence-electron chi connectivity index (χ2n) is 15.0. The van der Waals surface area contributed by atoms with Gasteiger partial charge >= 0.3 is 0 Å². The van der Waals surface area contributed by atoms with E-state index in [1.807, 2.05) is 72.8 Å². The third-order valence-corrected chi connectivity index (χ3v) is 11.1. The molecule has 60 heavy (non-hydrogen) atoms. The third-order valence-electron chi connectivity index (χ3n) is 11.1. The number of fused-ring (bicyclic) bond motifs is 6. The Bertz CT molecular complexity index is 3290. The van der Waals surface area contributed by atoms with Gasteiger partial charge in [-0.3, -0.25) is 10.8 Å². The molecule has 0 fully saturated rings. The maximum absolute atomic E-state index is 8.95. The van der Waals surface area contributed by atoms with Gasteiger partial charge in [-0.1, -0.05) is 127 Å². The molecule has 0 bridgehead atoms. The smallest absolute Gasteiger partial charge is 0.160 e. The fraction of sp³-hybridized carbons (Fsp3) is 0. The Morgan fingerprint density at radius 1 is 0.450 bits per heavy atom. The molecule has 0 radical (unpaired) electrons. The fourth-order valence-electron chi connectivity index (χ4n) is 8.14. The molecule has 0 unspecified atom stereocenters. The maximum Gasteiger partial charge on any atom is 0.160 e. The lowest BCUT2D eigenvalue weighted by molar-refractivity contribution is 0.669. The topological polar surface area (TPSA) is 87.2 Å². The number of nitrogens with zero attached hydrogens (tertiary/aromatic N) is 3. The zero-order chi connectivity index (χ0) is 40.0.